The van der Waals surface area contributed by atoms with Crippen LogP contribution in [0.2, 0.25) is 0 Å². The van der Waals surface area contributed by atoms with Gasteiger partial charge in [0.05, 0.1) is 4.87 Å². The predicted molar refractivity (Wildman–Crippen MR) is 71.0 cm³/mol. The molecule has 0 N–H and O–H groups in total. The third kappa shape index (κ3) is 2.56. The third-order valence-electron chi connectivity index (χ3n) is 2.98. The molecule has 0 saturated heterocycles. The molecule has 0 fully saturated rings. The van der Waals surface area contributed by atoms with Crippen molar-refractivity contribution in [1.29, 1.82) is 0 Å². The first kappa shape index (κ1) is 11.5. The fourth-order valence-electron chi connectivity index (χ4n) is 2.09. The Morgan fingerprint density at radius 1 is 1.12 bits per heavy atom. The number of rotatable bonds is 3. The average Bonchev–Trinajstić information content (AvgIpc) is 2.31. The van der Waals surface area contributed by atoms with E-state index in [0.29, 0.717) is 5.92 Å². The Morgan fingerprint density at radius 2 is 1.75 bits per heavy atom. The highest BCUT2D eigenvalue weighted by molar-refractivity contribution is 6.26. The zero-order valence-electron chi connectivity index (χ0n) is 9.57. The van der Waals surface area contributed by atoms with Crippen molar-refractivity contribution in [3.8, 4) is 0 Å². The molecule has 0 aromatic heterocycles. The summed E-state index contributed by atoms with van der Waals surface area (Å²) >= 11 is 6.45. The van der Waals surface area contributed by atoms with Gasteiger partial charge in [0.2, 0.25) is 0 Å². The molecule has 0 radical (unpaired) electrons. The highest BCUT2D eigenvalue weighted by Gasteiger charge is 2.23. The highest BCUT2D eigenvalue weighted by atomic mass is 35.5. The lowest BCUT2D eigenvalue weighted by Gasteiger charge is -2.24. The zero-order valence-corrected chi connectivity index (χ0v) is 10.3. The number of allylic oxidation sites excluding steroid dienone is 4. The van der Waals surface area contributed by atoms with E-state index >= 15 is 0 Å². The lowest BCUT2D eigenvalue weighted by Crippen LogP contribution is -2.17. The Kier molecular flexibility index (Phi) is 3.50. The first-order valence-electron chi connectivity index (χ1n) is 5.86. The minimum absolute atomic E-state index is 0.250. The van der Waals surface area contributed by atoms with Crippen LogP contribution in [0, 0.1) is 0 Å². The molecule has 84 valence electrons. The molecule has 2 rings (SSSR count). The van der Waals surface area contributed by atoms with Crippen molar-refractivity contribution >= 4 is 11.6 Å². The SMILES string of the molecule is CCCC1(Cl)C=CC(c2ccccc2)C=C1. The highest BCUT2D eigenvalue weighted by Crippen LogP contribution is 2.33. The van der Waals surface area contributed by atoms with Crippen LogP contribution in [-0.2, 0) is 0 Å². The Hall–Kier alpha value is -1.01. The van der Waals surface area contributed by atoms with Gasteiger partial charge in [0, 0.05) is 5.92 Å². The molecule has 0 bridgehead atoms. The molecule has 0 atom stereocenters. The minimum Gasteiger partial charge on any atom is -0.110 e. The fourth-order valence-corrected chi connectivity index (χ4v) is 2.43. The Bertz CT molecular complexity index is 375. The predicted octanol–water partition coefficient (Wildman–Crippen LogP) is 4.67. The summed E-state index contributed by atoms with van der Waals surface area (Å²) in [6.45, 7) is 2.16. The molecular weight excluding hydrogens is 216 g/mol. The summed E-state index contributed by atoms with van der Waals surface area (Å²) in [5, 5.41) is 0. The first-order chi connectivity index (χ1) is 7.73. The third-order valence-corrected chi connectivity index (χ3v) is 3.42. The van der Waals surface area contributed by atoms with Gasteiger partial charge in [-0.05, 0) is 12.0 Å². The largest absolute Gasteiger partial charge is 0.110 e. The molecule has 1 heteroatoms. The molecule has 1 aliphatic carbocycles. The zero-order chi connectivity index (χ0) is 11.4. The molecule has 0 unspecified atom stereocenters. The number of benzene rings is 1. The Labute approximate surface area is 103 Å². The van der Waals surface area contributed by atoms with Crippen LogP contribution in [0.25, 0.3) is 0 Å². The van der Waals surface area contributed by atoms with Crippen LogP contribution in [0.5, 0.6) is 0 Å². The molecule has 1 aromatic rings. The van der Waals surface area contributed by atoms with E-state index in [1.54, 1.807) is 0 Å². The average molecular weight is 233 g/mol. The molecule has 0 heterocycles. The van der Waals surface area contributed by atoms with E-state index in [-0.39, 0.29) is 4.87 Å². The first-order valence-corrected chi connectivity index (χ1v) is 6.24. The van der Waals surface area contributed by atoms with E-state index in [2.05, 4.69) is 55.5 Å². The van der Waals surface area contributed by atoms with Crippen molar-refractivity contribution in [3.63, 3.8) is 0 Å². The second kappa shape index (κ2) is 4.88. The monoisotopic (exact) mass is 232 g/mol. The van der Waals surface area contributed by atoms with Gasteiger partial charge in [0.1, 0.15) is 0 Å². The molecule has 0 amide bonds. The van der Waals surface area contributed by atoms with Crippen molar-refractivity contribution in [2.75, 3.05) is 0 Å². The minimum atomic E-state index is -0.250. The van der Waals surface area contributed by atoms with Crippen LogP contribution >= 0.6 is 11.6 Å². The molecule has 0 nitrogen and oxygen atoms in total. The van der Waals surface area contributed by atoms with E-state index < -0.39 is 0 Å². The molecule has 1 aliphatic rings. The molecule has 0 aliphatic heterocycles. The molecule has 0 spiro atoms. The van der Waals surface area contributed by atoms with Gasteiger partial charge in [0.15, 0.2) is 0 Å². The van der Waals surface area contributed by atoms with Gasteiger partial charge < -0.3 is 0 Å². The summed E-state index contributed by atoms with van der Waals surface area (Å²) < 4.78 is 0. The van der Waals surface area contributed by atoms with Crippen LogP contribution in [0.3, 0.4) is 0 Å². The van der Waals surface area contributed by atoms with Gasteiger partial charge in [-0.3, -0.25) is 0 Å². The van der Waals surface area contributed by atoms with Crippen molar-refractivity contribution in [3.05, 3.63) is 60.2 Å². The van der Waals surface area contributed by atoms with Crippen molar-refractivity contribution < 1.29 is 0 Å². The number of halogens is 1. The topological polar surface area (TPSA) is 0 Å². The van der Waals surface area contributed by atoms with Gasteiger partial charge in [-0.15, -0.1) is 11.6 Å². The van der Waals surface area contributed by atoms with Crippen LogP contribution in [0.4, 0.5) is 0 Å². The second-order valence-electron chi connectivity index (χ2n) is 4.33. The summed E-state index contributed by atoms with van der Waals surface area (Å²) in [7, 11) is 0. The lowest BCUT2D eigenvalue weighted by atomic mass is 9.88. The lowest BCUT2D eigenvalue weighted by molar-refractivity contribution is 0.709. The van der Waals surface area contributed by atoms with Gasteiger partial charge in [0.25, 0.3) is 0 Å². The van der Waals surface area contributed by atoms with Gasteiger partial charge in [-0.2, -0.15) is 0 Å². The number of alkyl halides is 1. The van der Waals surface area contributed by atoms with E-state index in [4.69, 9.17) is 11.6 Å². The van der Waals surface area contributed by atoms with Gasteiger partial charge in [-0.1, -0.05) is 68.0 Å². The van der Waals surface area contributed by atoms with E-state index in [0.717, 1.165) is 12.8 Å². The normalized spacial score (nSPS) is 28.2. The summed E-state index contributed by atoms with van der Waals surface area (Å²) in [6.07, 6.45) is 10.8. The van der Waals surface area contributed by atoms with Crippen molar-refractivity contribution in [1.82, 2.24) is 0 Å². The van der Waals surface area contributed by atoms with E-state index in [1.807, 2.05) is 6.07 Å². The van der Waals surface area contributed by atoms with Gasteiger partial charge >= 0.3 is 0 Å². The number of hydrogen-bond donors (Lipinski definition) is 0. The maximum absolute atomic E-state index is 6.45. The van der Waals surface area contributed by atoms with Crippen molar-refractivity contribution in [2.45, 2.75) is 30.6 Å². The van der Waals surface area contributed by atoms with Gasteiger partial charge in [-0.25, -0.2) is 0 Å². The maximum atomic E-state index is 6.45. The van der Waals surface area contributed by atoms with Crippen LogP contribution in [-0.4, -0.2) is 4.87 Å². The summed E-state index contributed by atoms with van der Waals surface area (Å²) in [5.41, 5.74) is 1.32. The fraction of sp³-hybridized carbons (Fsp3) is 0.333. The van der Waals surface area contributed by atoms with E-state index in [1.165, 1.54) is 5.56 Å². The standard InChI is InChI=1S/C15H17Cl/c1-2-10-15(16)11-8-14(9-12-15)13-6-4-3-5-7-13/h3-9,11-12,14H,2,10H2,1H3. The van der Waals surface area contributed by atoms with Crippen LogP contribution in [0.15, 0.2) is 54.6 Å². The maximum Gasteiger partial charge on any atom is 0.0806 e. The number of hydrogen-bond acceptors (Lipinski definition) is 0. The second-order valence-corrected chi connectivity index (χ2v) is 5.04. The summed E-state index contributed by atoms with van der Waals surface area (Å²) in [5.74, 6) is 0.380. The van der Waals surface area contributed by atoms with Crippen LogP contribution < -0.4 is 0 Å². The quantitative estimate of drug-likeness (QED) is 0.525. The Balaban J connectivity index is 2.12. The molecular formula is C15H17Cl. The molecule has 1 aromatic carbocycles. The van der Waals surface area contributed by atoms with E-state index in [9.17, 15) is 0 Å². The smallest absolute Gasteiger partial charge is 0.0806 e. The summed E-state index contributed by atoms with van der Waals surface area (Å²) in [6, 6.07) is 10.5. The molecule has 16 heavy (non-hydrogen) atoms. The Morgan fingerprint density at radius 3 is 2.31 bits per heavy atom. The van der Waals surface area contributed by atoms with Crippen molar-refractivity contribution in [2.24, 2.45) is 0 Å². The summed E-state index contributed by atoms with van der Waals surface area (Å²) in [4.78, 5) is -0.250. The molecule has 0 saturated carbocycles. The van der Waals surface area contributed by atoms with Crippen LogP contribution in [0.1, 0.15) is 31.2 Å².